The highest BCUT2D eigenvalue weighted by molar-refractivity contribution is 7.89. The molecule has 1 amide bonds. The number of amides is 1. The van der Waals surface area contributed by atoms with Crippen LogP contribution >= 0.6 is 0 Å². The van der Waals surface area contributed by atoms with Gasteiger partial charge < -0.3 is 9.64 Å². The van der Waals surface area contributed by atoms with Gasteiger partial charge in [0.15, 0.2) is 0 Å². The molecule has 1 aliphatic heterocycles. The Bertz CT molecular complexity index is 973. The highest BCUT2D eigenvalue weighted by Crippen LogP contribution is 2.27. The molecule has 0 aromatic heterocycles. The first kappa shape index (κ1) is 19.8. The van der Waals surface area contributed by atoms with Gasteiger partial charge in [0.1, 0.15) is 5.75 Å². The molecule has 1 unspecified atom stereocenters. The lowest BCUT2D eigenvalue weighted by Gasteiger charge is -2.17. The van der Waals surface area contributed by atoms with E-state index in [2.05, 4.69) is 4.72 Å². The number of ether oxygens (including phenoxy) is 1. The lowest BCUT2D eigenvalue weighted by Crippen LogP contribution is -2.31. The SMILES string of the molecule is COc1ccc(N2CC(CNS(=O)(=O)c3ccc([N+](=O)[O-])cc3)CC2=O)cc1. The molecule has 1 aliphatic rings. The van der Waals surface area contributed by atoms with E-state index in [4.69, 9.17) is 4.74 Å². The molecule has 148 valence electrons. The minimum atomic E-state index is -3.82. The number of nitrogens with one attached hydrogen (secondary N) is 1. The summed E-state index contributed by atoms with van der Waals surface area (Å²) in [5.41, 5.74) is 0.544. The van der Waals surface area contributed by atoms with Crippen LogP contribution in [0, 0.1) is 16.0 Å². The molecule has 1 N–H and O–H groups in total. The van der Waals surface area contributed by atoms with E-state index in [1.54, 1.807) is 36.3 Å². The zero-order valence-electron chi connectivity index (χ0n) is 15.1. The molecule has 1 saturated heterocycles. The number of hydrogen-bond acceptors (Lipinski definition) is 6. The highest BCUT2D eigenvalue weighted by Gasteiger charge is 2.31. The quantitative estimate of drug-likeness (QED) is 0.555. The van der Waals surface area contributed by atoms with Crippen molar-refractivity contribution in [2.75, 3.05) is 25.1 Å². The summed E-state index contributed by atoms with van der Waals surface area (Å²) in [6.07, 6.45) is 0.231. The monoisotopic (exact) mass is 405 g/mol. The Hall–Kier alpha value is -2.98. The van der Waals surface area contributed by atoms with Crippen molar-refractivity contribution in [3.05, 3.63) is 58.6 Å². The van der Waals surface area contributed by atoms with Crippen LogP contribution in [0.3, 0.4) is 0 Å². The van der Waals surface area contributed by atoms with Crippen LogP contribution in [0.15, 0.2) is 53.4 Å². The fourth-order valence-corrected chi connectivity index (χ4v) is 4.10. The van der Waals surface area contributed by atoms with Crippen molar-refractivity contribution in [1.29, 1.82) is 0 Å². The highest BCUT2D eigenvalue weighted by atomic mass is 32.2. The van der Waals surface area contributed by atoms with Crippen molar-refractivity contribution < 1.29 is 22.9 Å². The summed E-state index contributed by atoms with van der Waals surface area (Å²) in [6, 6.07) is 11.7. The third kappa shape index (κ3) is 4.29. The third-order valence-corrected chi connectivity index (χ3v) is 5.95. The van der Waals surface area contributed by atoms with Crippen LogP contribution in [0.25, 0.3) is 0 Å². The van der Waals surface area contributed by atoms with Gasteiger partial charge in [0.25, 0.3) is 5.69 Å². The van der Waals surface area contributed by atoms with E-state index < -0.39 is 14.9 Å². The van der Waals surface area contributed by atoms with Crippen LogP contribution < -0.4 is 14.4 Å². The van der Waals surface area contributed by atoms with Crippen LogP contribution in [0.1, 0.15) is 6.42 Å². The number of nitro groups is 1. The van der Waals surface area contributed by atoms with Crippen molar-refractivity contribution >= 4 is 27.3 Å². The van der Waals surface area contributed by atoms with Crippen LogP contribution in [0.5, 0.6) is 5.75 Å². The van der Waals surface area contributed by atoms with Crippen molar-refractivity contribution in [2.24, 2.45) is 5.92 Å². The summed E-state index contributed by atoms with van der Waals surface area (Å²) in [7, 11) is -2.26. The Morgan fingerprint density at radius 2 is 1.82 bits per heavy atom. The molecule has 3 rings (SSSR count). The summed E-state index contributed by atoms with van der Waals surface area (Å²) in [4.78, 5) is 23.9. The van der Waals surface area contributed by atoms with E-state index in [1.165, 1.54) is 12.1 Å². The van der Waals surface area contributed by atoms with Gasteiger partial charge in [0.05, 0.1) is 16.9 Å². The van der Waals surface area contributed by atoms with Gasteiger partial charge >= 0.3 is 0 Å². The third-order valence-electron chi connectivity index (χ3n) is 4.51. The molecule has 0 spiro atoms. The molecule has 0 aliphatic carbocycles. The van der Waals surface area contributed by atoms with Gasteiger partial charge in [0.2, 0.25) is 15.9 Å². The molecule has 2 aromatic carbocycles. The second kappa shape index (κ2) is 7.95. The number of hydrogen-bond donors (Lipinski definition) is 1. The van der Waals surface area contributed by atoms with Gasteiger partial charge in [-0.2, -0.15) is 0 Å². The number of benzene rings is 2. The normalized spacial score (nSPS) is 17.0. The second-order valence-electron chi connectivity index (χ2n) is 6.38. The summed E-state index contributed by atoms with van der Waals surface area (Å²) in [5, 5.41) is 10.7. The zero-order valence-corrected chi connectivity index (χ0v) is 15.9. The van der Waals surface area contributed by atoms with E-state index in [-0.39, 0.29) is 35.4 Å². The topological polar surface area (TPSA) is 119 Å². The fourth-order valence-electron chi connectivity index (χ4n) is 2.99. The van der Waals surface area contributed by atoms with Crippen molar-refractivity contribution in [3.8, 4) is 5.75 Å². The average Bonchev–Trinajstić information content (AvgIpc) is 3.07. The lowest BCUT2D eigenvalue weighted by molar-refractivity contribution is -0.384. The number of sulfonamides is 1. The largest absolute Gasteiger partial charge is 0.497 e. The number of methoxy groups -OCH3 is 1. The van der Waals surface area contributed by atoms with E-state index in [0.29, 0.717) is 12.3 Å². The Balaban J connectivity index is 1.62. The fraction of sp³-hybridized carbons (Fsp3) is 0.278. The van der Waals surface area contributed by atoms with E-state index in [9.17, 15) is 23.3 Å². The van der Waals surface area contributed by atoms with Gasteiger partial charge in [-0.1, -0.05) is 0 Å². The molecule has 1 heterocycles. The van der Waals surface area contributed by atoms with Crippen molar-refractivity contribution in [3.63, 3.8) is 0 Å². The minimum absolute atomic E-state index is 0.0607. The first-order valence-electron chi connectivity index (χ1n) is 8.48. The maximum atomic E-state index is 12.4. The Morgan fingerprint density at radius 3 is 2.39 bits per heavy atom. The average molecular weight is 405 g/mol. The first-order chi connectivity index (χ1) is 13.3. The standard InChI is InChI=1S/C18H19N3O6S/c1-27-16-6-2-14(3-7-16)20-12-13(10-18(20)22)11-19-28(25,26)17-8-4-15(5-9-17)21(23)24/h2-9,13,19H,10-12H2,1H3. The Kier molecular flexibility index (Phi) is 5.61. The molecular weight excluding hydrogens is 386 g/mol. The Labute approximate surface area is 162 Å². The molecule has 1 atom stereocenters. The number of rotatable bonds is 7. The predicted molar refractivity (Wildman–Crippen MR) is 102 cm³/mol. The smallest absolute Gasteiger partial charge is 0.269 e. The first-order valence-corrected chi connectivity index (χ1v) is 9.97. The number of nitro benzene ring substituents is 1. The lowest BCUT2D eigenvalue weighted by atomic mass is 10.1. The summed E-state index contributed by atoms with van der Waals surface area (Å²) in [6.45, 7) is 0.492. The second-order valence-corrected chi connectivity index (χ2v) is 8.14. The summed E-state index contributed by atoms with van der Waals surface area (Å²) < 4.78 is 32.3. The minimum Gasteiger partial charge on any atom is -0.497 e. The van der Waals surface area contributed by atoms with E-state index in [1.807, 2.05) is 0 Å². The van der Waals surface area contributed by atoms with E-state index in [0.717, 1.165) is 17.8 Å². The molecule has 28 heavy (non-hydrogen) atoms. The number of carbonyl (C=O) groups is 1. The van der Waals surface area contributed by atoms with Gasteiger partial charge in [-0.3, -0.25) is 14.9 Å². The van der Waals surface area contributed by atoms with E-state index >= 15 is 0 Å². The van der Waals surface area contributed by atoms with Crippen molar-refractivity contribution in [1.82, 2.24) is 4.72 Å². The number of nitrogens with zero attached hydrogens (tertiary/aromatic N) is 2. The van der Waals surface area contributed by atoms with Crippen LogP contribution in [0.2, 0.25) is 0 Å². The van der Waals surface area contributed by atoms with Crippen LogP contribution in [0.4, 0.5) is 11.4 Å². The van der Waals surface area contributed by atoms with Crippen LogP contribution in [-0.4, -0.2) is 39.4 Å². The molecule has 0 bridgehead atoms. The molecule has 1 fully saturated rings. The number of anilines is 1. The molecule has 0 radical (unpaired) electrons. The molecule has 0 saturated carbocycles. The Morgan fingerprint density at radius 1 is 1.18 bits per heavy atom. The van der Waals surface area contributed by atoms with Gasteiger partial charge in [0, 0.05) is 37.3 Å². The summed E-state index contributed by atoms with van der Waals surface area (Å²) in [5.74, 6) is 0.426. The van der Waals surface area contributed by atoms with Crippen LogP contribution in [-0.2, 0) is 14.8 Å². The van der Waals surface area contributed by atoms with Gasteiger partial charge in [-0.15, -0.1) is 0 Å². The predicted octanol–water partition coefficient (Wildman–Crippen LogP) is 1.93. The molecule has 10 heteroatoms. The number of non-ortho nitro benzene ring substituents is 1. The van der Waals surface area contributed by atoms with Gasteiger partial charge in [-0.05, 0) is 42.3 Å². The summed E-state index contributed by atoms with van der Waals surface area (Å²) >= 11 is 0. The van der Waals surface area contributed by atoms with Gasteiger partial charge in [-0.25, -0.2) is 13.1 Å². The van der Waals surface area contributed by atoms with Crippen molar-refractivity contribution in [2.45, 2.75) is 11.3 Å². The zero-order chi connectivity index (χ0) is 20.3. The number of carbonyl (C=O) groups excluding carboxylic acids is 1. The molecular formula is C18H19N3O6S. The molecule has 2 aromatic rings. The molecule has 9 nitrogen and oxygen atoms in total. The maximum absolute atomic E-state index is 12.4. The maximum Gasteiger partial charge on any atom is 0.269 e.